The molecule has 0 aliphatic heterocycles. The third-order valence-electron chi connectivity index (χ3n) is 4.77. The van der Waals surface area contributed by atoms with Crippen molar-refractivity contribution in [3.63, 3.8) is 0 Å². The van der Waals surface area contributed by atoms with Crippen LogP contribution in [0, 0.1) is 0 Å². The molecule has 0 saturated carbocycles. The highest BCUT2D eigenvalue weighted by atomic mass is 35.5. The molecule has 4 rings (SSSR count). The van der Waals surface area contributed by atoms with Gasteiger partial charge in [-0.3, -0.25) is 14.9 Å². The predicted octanol–water partition coefficient (Wildman–Crippen LogP) is 7.29. The van der Waals surface area contributed by atoms with Gasteiger partial charge in [0.05, 0.1) is 20.6 Å². The van der Waals surface area contributed by atoms with Gasteiger partial charge < -0.3 is 15.1 Å². The Kier molecular flexibility index (Phi) is 7.73. The second kappa shape index (κ2) is 10.9. The lowest BCUT2D eigenvalue weighted by atomic mass is 10.2. The van der Waals surface area contributed by atoms with Crippen LogP contribution in [0.15, 0.2) is 83.3 Å². The largest absolute Gasteiger partial charge is 0.451 e. The smallest absolute Gasteiger partial charge is 0.293 e. The zero-order valence-corrected chi connectivity index (χ0v) is 20.9. The van der Waals surface area contributed by atoms with Gasteiger partial charge in [-0.25, -0.2) is 0 Å². The van der Waals surface area contributed by atoms with Crippen molar-refractivity contribution in [3.8, 4) is 11.3 Å². The molecule has 0 bridgehead atoms. The molecule has 0 aliphatic carbocycles. The van der Waals surface area contributed by atoms with Crippen molar-refractivity contribution >= 4 is 75.3 Å². The fraction of sp³-hybridized carbons (Fsp3) is 0. The van der Waals surface area contributed by atoms with E-state index in [4.69, 9.17) is 51.4 Å². The highest BCUT2D eigenvalue weighted by Gasteiger charge is 2.16. The molecule has 0 unspecified atom stereocenters. The van der Waals surface area contributed by atoms with Gasteiger partial charge in [0.2, 0.25) is 0 Å². The maximum atomic E-state index is 12.6. The summed E-state index contributed by atoms with van der Waals surface area (Å²) in [7, 11) is 0. The van der Waals surface area contributed by atoms with Crippen LogP contribution in [0.4, 0.5) is 11.4 Å². The quantitative estimate of drug-likeness (QED) is 0.230. The Morgan fingerprint density at radius 1 is 0.743 bits per heavy atom. The minimum atomic E-state index is -0.546. The molecular weight excluding hydrogens is 529 g/mol. The number of amides is 2. The molecule has 35 heavy (non-hydrogen) atoms. The summed E-state index contributed by atoms with van der Waals surface area (Å²) in [5, 5.41) is 9.33. The van der Waals surface area contributed by atoms with E-state index in [0.717, 1.165) is 0 Å². The maximum Gasteiger partial charge on any atom is 0.293 e. The van der Waals surface area contributed by atoms with E-state index in [9.17, 15) is 9.59 Å². The van der Waals surface area contributed by atoms with Crippen molar-refractivity contribution in [1.29, 1.82) is 0 Å². The molecule has 176 valence electrons. The fourth-order valence-corrected chi connectivity index (χ4v) is 3.97. The molecule has 0 aliphatic rings. The van der Waals surface area contributed by atoms with E-state index in [0.29, 0.717) is 43.3 Å². The number of benzene rings is 3. The number of furan rings is 1. The molecule has 0 fully saturated rings. The molecule has 3 aromatic carbocycles. The minimum absolute atomic E-state index is 0.0425. The van der Waals surface area contributed by atoms with Crippen molar-refractivity contribution in [1.82, 2.24) is 5.32 Å². The standard InChI is InChI=1S/C25H16Cl3N3O3S/c26-18-9-2-1-7-16(18)23(32)29-14-5-3-6-15(13-14)30-25(35)31-24(33)21-12-11-20(34-21)17-8-4-10-19(27)22(17)28/h1-13H,(H,29,32)(H2,30,31,33,35). The summed E-state index contributed by atoms with van der Waals surface area (Å²) < 4.78 is 5.63. The lowest BCUT2D eigenvalue weighted by Gasteiger charge is -2.11. The van der Waals surface area contributed by atoms with Gasteiger partial charge >= 0.3 is 0 Å². The number of thiocarbonyl (C=S) groups is 1. The zero-order valence-electron chi connectivity index (χ0n) is 17.8. The number of hydrogen-bond donors (Lipinski definition) is 3. The lowest BCUT2D eigenvalue weighted by Crippen LogP contribution is -2.33. The van der Waals surface area contributed by atoms with Crippen molar-refractivity contribution in [3.05, 3.63) is 105 Å². The summed E-state index contributed by atoms with van der Waals surface area (Å²) >= 11 is 23.6. The van der Waals surface area contributed by atoms with E-state index in [-0.39, 0.29) is 16.8 Å². The van der Waals surface area contributed by atoms with Crippen LogP contribution in [0.2, 0.25) is 15.1 Å². The molecule has 1 aromatic heterocycles. The first-order valence-corrected chi connectivity index (χ1v) is 11.7. The zero-order chi connectivity index (χ0) is 24.9. The predicted molar refractivity (Wildman–Crippen MR) is 144 cm³/mol. The van der Waals surface area contributed by atoms with E-state index in [2.05, 4.69) is 16.0 Å². The second-order valence-corrected chi connectivity index (χ2v) is 8.79. The molecular formula is C25H16Cl3N3O3S. The third kappa shape index (κ3) is 6.01. The number of carbonyl (C=O) groups is 2. The van der Waals surface area contributed by atoms with Gasteiger partial charge in [0, 0.05) is 16.9 Å². The summed E-state index contributed by atoms with van der Waals surface area (Å²) in [6.07, 6.45) is 0. The van der Waals surface area contributed by atoms with Crippen molar-refractivity contribution in [2.45, 2.75) is 0 Å². The van der Waals surface area contributed by atoms with Gasteiger partial charge in [-0.15, -0.1) is 0 Å². The van der Waals surface area contributed by atoms with Gasteiger partial charge in [0.25, 0.3) is 11.8 Å². The number of hydrogen-bond acceptors (Lipinski definition) is 4. The molecule has 6 nitrogen and oxygen atoms in total. The molecule has 0 radical (unpaired) electrons. The van der Waals surface area contributed by atoms with E-state index >= 15 is 0 Å². The summed E-state index contributed by atoms with van der Waals surface area (Å²) in [4.78, 5) is 25.1. The third-order valence-corrected chi connectivity index (χ3v) is 6.12. The summed E-state index contributed by atoms with van der Waals surface area (Å²) in [6.45, 7) is 0. The first-order chi connectivity index (χ1) is 16.8. The minimum Gasteiger partial charge on any atom is -0.451 e. The van der Waals surface area contributed by atoms with Crippen LogP contribution in [0.1, 0.15) is 20.9 Å². The Labute approximate surface area is 221 Å². The van der Waals surface area contributed by atoms with Crippen LogP contribution < -0.4 is 16.0 Å². The summed E-state index contributed by atoms with van der Waals surface area (Å²) in [5.41, 5.74) is 1.99. The van der Waals surface area contributed by atoms with Gasteiger partial charge in [0.15, 0.2) is 10.9 Å². The number of nitrogens with one attached hydrogen (secondary N) is 3. The number of halogens is 3. The van der Waals surface area contributed by atoms with E-state index in [1.165, 1.54) is 6.07 Å². The maximum absolute atomic E-state index is 12.6. The highest BCUT2D eigenvalue weighted by Crippen LogP contribution is 2.34. The molecule has 4 aromatic rings. The van der Waals surface area contributed by atoms with Crippen molar-refractivity contribution in [2.75, 3.05) is 10.6 Å². The number of anilines is 2. The van der Waals surface area contributed by atoms with Gasteiger partial charge in [-0.05, 0) is 66.8 Å². The summed E-state index contributed by atoms with van der Waals surface area (Å²) in [5.74, 6) is -0.462. The Balaban J connectivity index is 1.39. The van der Waals surface area contributed by atoms with E-state index in [1.807, 2.05) is 0 Å². The molecule has 0 atom stereocenters. The Morgan fingerprint density at radius 2 is 1.43 bits per heavy atom. The van der Waals surface area contributed by atoms with Crippen LogP contribution >= 0.6 is 47.0 Å². The fourth-order valence-electron chi connectivity index (χ4n) is 3.14. The Hall–Kier alpha value is -3.36. The molecule has 2 amide bonds. The average Bonchev–Trinajstić information content (AvgIpc) is 3.31. The van der Waals surface area contributed by atoms with Crippen molar-refractivity contribution < 1.29 is 14.0 Å². The molecule has 10 heteroatoms. The molecule has 0 saturated heterocycles. The van der Waals surface area contributed by atoms with Gasteiger partial charge in [-0.1, -0.05) is 59.1 Å². The van der Waals surface area contributed by atoms with E-state index in [1.54, 1.807) is 72.8 Å². The molecule has 3 N–H and O–H groups in total. The number of rotatable bonds is 5. The Bertz CT molecular complexity index is 1440. The van der Waals surface area contributed by atoms with Crippen molar-refractivity contribution in [2.24, 2.45) is 0 Å². The van der Waals surface area contributed by atoms with Gasteiger partial charge in [-0.2, -0.15) is 0 Å². The van der Waals surface area contributed by atoms with Crippen LogP contribution in [0.25, 0.3) is 11.3 Å². The first-order valence-electron chi connectivity index (χ1n) is 10.1. The molecule has 1 heterocycles. The first kappa shape index (κ1) is 24.8. The Morgan fingerprint density at radius 3 is 2.20 bits per heavy atom. The normalized spacial score (nSPS) is 10.5. The lowest BCUT2D eigenvalue weighted by molar-refractivity contribution is 0.0950. The van der Waals surface area contributed by atoms with E-state index < -0.39 is 5.91 Å². The number of carbonyl (C=O) groups excluding carboxylic acids is 2. The topological polar surface area (TPSA) is 83.4 Å². The second-order valence-electron chi connectivity index (χ2n) is 7.19. The molecule has 0 spiro atoms. The monoisotopic (exact) mass is 543 g/mol. The SMILES string of the molecule is O=C(NC(=S)Nc1cccc(NC(=O)c2ccccc2Cl)c1)c1ccc(-c2cccc(Cl)c2Cl)o1. The van der Waals surface area contributed by atoms with Crippen LogP contribution in [0.3, 0.4) is 0 Å². The van der Waals surface area contributed by atoms with Crippen LogP contribution in [-0.4, -0.2) is 16.9 Å². The highest BCUT2D eigenvalue weighted by molar-refractivity contribution is 7.80. The summed E-state index contributed by atoms with van der Waals surface area (Å²) in [6, 6.07) is 21.8. The van der Waals surface area contributed by atoms with Gasteiger partial charge in [0.1, 0.15) is 5.76 Å². The average molecular weight is 545 g/mol. The van der Waals surface area contributed by atoms with Crippen LogP contribution in [-0.2, 0) is 0 Å². The van der Waals surface area contributed by atoms with Crippen LogP contribution in [0.5, 0.6) is 0 Å².